The third kappa shape index (κ3) is 3.05. The van der Waals surface area contributed by atoms with Gasteiger partial charge < -0.3 is 5.73 Å². The van der Waals surface area contributed by atoms with Gasteiger partial charge in [-0.15, -0.1) is 11.3 Å². The van der Waals surface area contributed by atoms with Gasteiger partial charge in [0.25, 0.3) is 0 Å². The van der Waals surface area contributed by atoms with E-state index in [0.717, 1.165) is 31.9 Å². The second kappa shape index (κ2) is 6.05. The van der Waals surface area contributed by atoms with Crippen molar-refractivity contribution >= 4 is 27.3 Å². The molecule has 0 spiro atoms. The quantitative estimate of drug-likeness (QED) is 0.723. The van der Waals surface area contributed by atoms with Gasteiger partial charge in [0.15, 0.2) is 0 Å². The molecule has 2 nitrogen and oxygen atoms in total. The Balaban J connectivity index is 2.01. The number of benzene rings is 2. The Labute approximate surface area is 134 Å². The molecule has 0 bridgehead atoms. The van der Waals surface area contributed by atoms with Gasteiger partial charge in [-0.05, 0) is 29.8 Å². The summed E-state index contributed by atoms with van der Waals surface area (Å²) in [6.07, 6.45) is 0. The summed E-state index contributed by atoms with van der Waals surface area (Å²) in [5.74, 6) is -0.268. The average Bonchev–Trinajstić information content (AvgIpc) is 2.99. The van der Waals surface area contributed by atoms with Crippen LogP contribution in [0.4, 0.5) is 4.39 Å². The zero-order valence-electron chi connectivity index (χ0n) is 11.0. The number of rotatable bonds is 3. The number of nitrogens with zero attached hydrogens (tertiary/aromatic N) is 1. The third-order valence-electron chi connectivity index (χ3n) is 3.12. The molecular weight excluding hydrogens is 351 g/mol. The molecule has 3 rings (SSSR count). The van der Waals surface area contributed by atoms with Gasteiger partial charge in [-0.2, -0.15) is 0 Å². The van der Waals surface area contributed by atoms with Crippen molar-refractivity contribution in [2.75, 3.05) is 0 Å². The molecule has 1 heterocycles. The number of thiazole rings is 1. The minimum absolute atomic E-state index is 0.268. The van der Waals surface area contributed by atoms with Crippen LogP contribution in [-0.4, -0.2) is 4.98 Å². The van der Waals surface area contributed by atoms with Crippen molar-refractivity contribution in [2.45, 2.75) is 6.54 Å². The summed E-state index contributed by atoms with van der Waals surface area (Å²) < 4.78 is 14.2. The highest BCUT2D eigenvalue weighted by molar-refractivity contribution is 9.10. The summed E-state index contributed by atoms with van der Waals surface area (Å²) >= 11 is 4.93. The number of hydrogen-bond donors (Lipinski definition) is 1. The lowest BCUT2D eigenvalue weighted by Gasteiger charge is -2.02. The van der Waals surface area contributed by atoms with Gasteiger partial charge in [-0.1, -0.05) is 34.1 Å². The molecule has 0 amide bonds. The normalized spacial score (nSPS) is 10.8. The van der Waals surface area contributed by atoms with Gasteiger partial charge in [0.05, 0.1) is 5.69 Å². The fourth-order valence-corrected chi connectivity index (χ4v) is 3.47. The minimum Gasteiger partial charge on any atom is -0.326 e. The first kappa shape index (κ1) is 14.4. The molecule has 0 atom stereocenters. The monoisotopic (exact) mass is 362 g/mol. The topological polar surface area (TPSA) is 38.9 Å². The highest BCUT2D eigenvalue weighted by Crippen LogP contribution is 2.34. The summed E-state index contributed by atoms with van der Waals surface area (Å²) in [6.45, 7) is 0.500. The zero-order valence-corrected chi connectivity index (χ0v) is 13.4. The summed E-state index contributed by atoms with van der Waals surface area (Å²) in [5, 5.41) is 2.76. The van der Waals surface area contributed by atoms with E-state index >= 15 is 0 Å². The van der Waals surface area contributed by atoms with Crippen LogP contribution in [0.25, 0.3) is 21.8 Å². The van der Waals surface area contributed by atoms with E-state index in [1.54, 1.807) is 6.07 Å². The van der Waals surface area contributed by atoms with Crippen molar-refractivity contribution in [2.24, 2.45) is 5.73 Å². The maximum atomic E-state index is 13.4. The maximum Gasteiger partial charge on any atom is 0.125 e. The Kier molecular flexibility index (Phi) is 4.14. The summed E-state index contributed by atoms with van der Waals surface area (Å²) in [7, 11) is 0. The molecule has 0 radical (unpaired) electrons. The molecule has 106 valence electrons. The van der Waals surface area contributed by atoms with Crippen LogP contribution in [0.15, 0.2) is 52.3 Å². The first-order valence-electron chi connectivity index (χ1n) is 6.37. The van der Waals surface area contributed by atoms with E-state index in [9.17, 15) is 4.39 Å². The second-order valence-electron chi connectivity index (χ2n) is 4.57. The van der Waals surface area contributed by atoms with E-state index < -0.39 is 0 Å². The van der Waals surface area contributed by atoms with Crippen LogP contribution in [0.3, 0.4) is 0 Å². The standard InChI is InChI=1S/C16H12BrFN2S/c17-14-5-4-12(18)7-13(14)16-20-15(9-21-16)11-3-1-2-10(6-11)8-19/h1-7,9H,8,19H2. The average molecular weight is 363 g/mol. The summed E-state index contributed by atoms with van der Waals surface area (Å²) in [5.41, 5.74) is 9.39. The van der Waals surface area contributed by atoms with Gasteiger partial charge in [0.2, 0.25) is 0 Å². The molecular formula is C16H12BrFN2S. The Morgan fingerprint density at radius 2 is 2.05 bits per heavy atom. The highest BCUT2D eigenvalue weighted by Gasteiger charge is 2.11. The van der Waals surface area contributed by atoms with Gasteiger partial charge in [0.1, 0.15) is 10.8 Å². The van der Waals surface area contributed by atoms with Gasteiger partial charge in [0, 0.05) is 27.5 Å². The maximum absolute atomic E-state index is 13.4. The molecule has 0 aliphatic rings. The van der Waals surface area contributed by atoms with Crippen LogP contribution >= 0.6 is 27.3 Å². The minimum atomic E-state index is -0.268. The van der Waals surface area contributed by atoms with Crippen LogP contribution in [0.1, 0.15) is 5.56 Å². The first-order valence-corrected chi connectivity index (χ1v) is 8.05. The van der Waals surface area contributed by atoms with Crippen LogP contribution in [0, 0.1) is 5.82 Å². The lowest BCUT2D eigenvalue weighted by atomic mass is 10.1. The Morgan fingerprint density at radius 1 is 1.19 bits per heavy atom. The van der Waals surface area contributed by atoms with Crippen molar-refractivity contribution < 1.29 is 4.39 Å². The lowest BCUT2D eigenvalue weighted by Crippen LogP contribution is -1.95. The number of hydrogen-bond acceptors (Lipinski definition) is 3. The van der Waals surface area contributed by atoms with Crippen molar-refractivity contribution in [1.82, 2.24) is 4.98 Å². The number of nitrogens with two attached hydrogens (primary N) is 1. The Hall–Kier alpha value is -1.56. The SMILES string of the molecule is NCc1cccc(-c2csc(-c3cc(F)ccc3Br)n2)c1. The van der Waals surface area contributed by atoms with E-state index in [1.165, 1.54) is 23.5 Å². The van der Waals surface area contributed by atoms with Crippen molar-refractivity contribution in [3.05, 3.63) is 63.7 Å². The number of aromatic nitrogens is 1. The Bertz CT molecular complexity index is 785. The summed E-state index contributed by atoms with van der Waals surface area (Å²) in [6, 6.07) is 12.6. The fourth-order valence-electron chi connectivity index (χ4n) is 2.05. The predicted molar refractivity (Wildman–Crippen MR) is 88.5 cm³/mol. The van der Waals surface area contributed by atoms with E-state index in [-0.39, 0.29) is 5.82 Å². The van der Waals surface area contributed by atoms with Crippen LogP contribution in [0.5, 0.6) is 0 Å². The molecule has 0 aliphatic heterocycles. The van der Waals surface area contributed by atoms with Gasteiger partial charge in [-0.3, -0.25) is 0 Å². The molecule has 2 N–H and O–H groups in total. The molecule has 3 aromatic rings. The molecule has 0 unspecified atom stereocenters. The smallest absolute Gasteiger partial charge is 0.125 e. The second-order valence-corrected chi connectivity index (χ2v) is 6.28. The number of halogens is 2. The Morgan fingerprint density at radius 3 is 2.86 bits per heavy atom. The molecule has 21 heavy (non-hydrogen) atoms. The van der Waals surface area contributed by atoms with Crippen LogP contribution in [-0.2, 0) is 6.54 Å². The third-order valence-corrected chi connectivity index (χ3v) is 4.69. The fraction of sp³-hybridized carbons (Fsp3) is 0.0625. The van der Waals surface area contributed by atoms with Gasteiger partial charge in [-0.25, -0.2) is 9.37 Å². The van der Waals surface area contributed by atoms with Crippen molar-refractivity contribution in [1.29, 1.82) is 0 Å². The van der Waals surface area contributed by atoms with E-state index in [1.807, 2.05) is 29.6 Å². The van der Waals surface area contributed by atoms with Crippen LogP contribution in [0.2, 0.25) is 0 Å². The van der Waals surface area contributed by atoms with E-state index in [0.29, 0.717) is 6.54 Å². The zero-order chi connectivity index (χ0) is 14.8. The molecule has 0 saturated heterocycles. The van der Waals surface area contributed by atoms with Crippen molar-refractivity contribution in [3.63, 3.8) is 0 Å². The molecule has 0 fully saturated rings. The lowest BCUT2D eigenvalue weighted by molar-refractivity contribution is 0.628. The molecule has 0 aliphatic carbocycles. The molecule has 0 saturated carbocycles. The van der Waals surface area contributed by atoms with Gasteiger partial charge >= 0.3 is 0 Å². The van der Waals surface area contributed by atoms with Crippen molar-refractivity contribution in [3.8, 4) is 21.8 Å². The largest absolute Gasteiger partial charge is 0.326 e. The van der Waals surface area contributed by atoms with E-state index in [4.69, 9.17) is 5.73 Å². The highest BCUT2D eigenvalue weighted by atomic mass is 79.9. The van der Waals surface area contributed by atoms with Crippen LogP contribution < -0.4 is 5.73 Å². The molecule has 2 aromatic carbocycles. The first-order chi connectivity index (χ1) is 10.2. The predicted octanol–water partition coefficient (Wildman–Crippen LogP) is 4.84. The summed E-state index contributed by atoms with van der Waals surface area (Å²) in [4.78, 5) is 4.61. The van der Waals surface area contributed by atoms with E-state index in [2.05, 4.69) is 20.9 Å². The molecule has 5 heteroatoms. The molecule has 1 aromatic heterocycles.